The van der Waals surface area contributed by atoms with Gasteiger partial charge in [0.05, 0.1) is 5.75 Å². The molecule has 0 radical (unpaired) electrons. The second kappa shape index (κ2) is 11.0. The van der Waals surface area contributed by atoms with E-state index in [1.807, 2.05) is 41.8 Å². The average molecular weight is 438 g/mol. The molecule has 0 bridgehead atoms. The van der Waals surface area contributed by atoms with Crippen LogP contribution >= 0.6 is 11.8 Å². The number of benzene rings is 2. The molecular weight excluding hydrogens is 406 g/mol. The van der Waals surface area contributed by atoms with Crippen LogP contribution in [0.2, 0.25) is 0 Å². The van der Waals surface area contributed by atoms with Crippen molar-refractivity contribution in [2.45, 2.75) is 45.3 Å². The number of rotatable bonds is 10. The molecule has 6 nitrogen and oxygen atoms in total. The van der Waals surface area contributed by atoms with Crippen LogP contribution in [0.4, 0.5) is 5.69 Å². The third-order valence-corrected chi connectivity index (χ3v) is 6.18. The number of hydrogen-bond acceptors (Lipinski definition) is 5. The van der Waals surface area contributed by atoms with Crippen molar-refractivity contribution in [1.82, 2.24) is 20.1 Å². The van der Waals surface area contributed by atoms with Gasteiger partial charge in [0.25, 0.3) is 0 Å². The lowest BCUT2D eigenvalue weighted by atomic mass is 10.1. The van der Waals surface area contributed by atoms with Gasteiger partial charge >= 0.3 is 0 Å². The number of nitrogens with zero attached hydrogens (tertiary/aromatic N) is 4. The standard InChI is InChI=1S/C24H31N5OS/c1-5-18(4)25-22(30)17-31-24-27-26-23(29(24)21-11-9-8-10-12-21)19-13-15-20(16-14-19)28(6-2)7-3/h8-16,18H,5-7,17H2,1-4H3,(H,25,30)/t18-/m0/s1. The number of amides is 1. The van der Waals surface area contributed by atoms with Crippen molar-refractivity contribution in [3.8, 4) is 17.1 Å². The molecule has 0 spiro atoms. The Balaban J connectivity index is 1.90. The van der Waals surface area contributed by atoms with Crippen LogP contribution in [-0.2, 0) is 4.79 Å². The zero-order valence-electron chi connectivity index (χ0n) is 18.7. The van der Waals surface area contributed by atoms with Crippen LogP contribution in [0.5, 0.6) is 0 Å². The smallest absolute Gasteiger partial charge is 0.230 e. The lowest BCUT2D eigenvalue weighted by Crippen LogP contribution is -2.33. The molecule has 3 aromatic rings. The van der Waals surface area contributed by atoms with Crippen molar-refractivity contribution in [1.29, 1.82) is 0 Å². The Morgan fingerprint density at radius 3 is 2.32 bits per heavy atom. The maximum Gasteiger partial charge on any atom is 0.230 e. The molecule has 0 saturated carbocycles. The van der Waals surface area contributed by atoms with Crippen molar-refractivity contribution in [3.63, 3.8) is 0 Å². The van der Waals surface area contributed by atoms with Gasteiger partial charge in [0.15, 0.2) is 11.0 Å². The van der Waals surface area contributed by atoms with E-state index in [-0.39, 0.29) is 11.9 Å². The Bertz CT molecular complexity index is 967. The molecule has 0 aliphatic heterocycles. The molecule has 0 aliphatic carbocycles. The molecule has 0 aliphatic rings. The summed E-state index contributed by atoms with van der Waals surface area (Å²) in [5, 5.41) is 12.6. The van der Waals surface area contributed by atoms with E-state index in [1.165, 1.54) is 17.4 Å². The summed E-state index contributed by atoms with van der Waals surface area (Å²) in [6, 6.07) is 18.6. The van der Waals surface area contributed by atoms with Gasteiger partial charge in [-0.05, 0) is 63.6 Å². The molecule has 164 valence electrons. The van der Waals surface area contributed by atoms with Crippen LogP contribution in [0.1, 0.15) is 34.1 Å². The summed E-state index contributed by atoms with van der Waals surface area (Å²) in [5.74, 6) is 1.07. The van der Waals surface area contributed by atoms with Gasteiger partial charge in [-0.25, -0.2) is 0 Å². The highest BCUT2D eigenvalue weighted by atomic mass is 32.2. The molecule has 3 rings (SSSR count). The monoisotopic (exact) mass is 437 g/mol. The highest BCUT2D eigenvalue weighted by Gasteiger charge is 2.18. The minimum Gasteiger partial charge on any atom is -0.372 e. The Morgan fingerprint density at radius 2 is 1.71 bits per heavy atom. The first-order valence-electron chi connectivity index (χ1n) is 10.9. The Hall–Kier alpha value is -2.80. The van der Waals surface area contributed by atoms with Crippen LogP contribution in [0, 0.1) is 0 Å². The number of thioether (sulfide) groups is 1. The van der Waals surface area contributed by atoms with Crippen LogP contribution in [0.15, 0.2) is 59.8 Å². The molecule has 2 aromatic carbocycles. The average Bonchev–Trinajstić information content (AvgIpc) is 3.23. The lowest BCUT2D eigenvalue weighted by molar-refractivity contribution is -0.119. The van der Waals surface area contributed by atoms with E-state index in [9.17, 15) is 4.79 Å². The fourth-order valence-corrected chi connectivity index (χ4v) is 4.08. The molecule has 1 amide bonds. The van der Waals surface area contributed by atoms with E-state index in [0.29, 0.717) is 10.9 Å². The Morgan fingerprint density at radius 1 is 1.03 bits per heavy atom. The second-order valence-electron chi connectivity index (χ2n) is 7.36. The lowest BCUT2D eigenvalue weighted by Gasteiger charge is -2.21. The zero-order chi connectivity index (χ0) is 22.2. The normalized spacial score (nSPS) is 11.9. The summed E-state index contributed by atoms with van der Waals surface area (Å²) >= 11 is 1.40. The number of hydrogen-bond donors (Lipinski definition) is 1. The van der Waals surface area contributed by atoms with E-state index in [4.69, 9.17) is 0 Å². The number of carbonyl (C=O) groups excluding carboxylic acids is 1. The quantitative estimate of drug-likeness (QED) is 0.462. The van der Waals surface area contributed by atoms with Gasteiger partial charge in [-0.3, -0.25) is 9.36 Å². The summed E-state index contributed by atoms with van der Waals surface area (Å²) < 4.78 is 2.02. The maximum absolute atomic E-state index is 12.3. The molecule has 1 aromatic heterocycles. The predicted molar refractivity (Wildman–Crippen MR) is 129 cm³/mol. The van der Waals surface area contributed by atoms with Crippen molar-refractivity contribution in [2.24, 2.45) is 0 Å². The molecule has 1 heterocycles. The number of carbonyl (C=O) groups is 1. The Kier molecular flexibility index (Phi) is 8.12. The summed E-state index contributed by atoms with van der Waals surface area (Å²) in [6.07, 6.45) is 0.907. The molecule has 31 heavy (non-hydrogen) atoms. The van der Waals surface area contributed by atoms with Gasteiger partial charge in [0.2, 0.25) is 5.91 Å². The Labute approximate surface area is 189 Å². The fourth-order valence-electron chi connectivity index (χ4n) is 3.32. The molecule has 1 atom stereocenters. The van der Waals surface area contributed by atoms with Gasteiger partial charge in [-0.15, -0.1) is 10.2 Å². The van der Waals surface area contributed by atoms with Crippen molar-refractivity contribution >= 4 is 23.4 Å². The van der Waals surface area contributed by atoms with E-state index in [2.05, 4.69) is 65.5 Å². The van der Waals surface area contributed by atoms with E-state index >= 15 is 0 Å². The first kappa shape index (κ1) is 22.9. The first-order valence-corrected chi connectivity index (χ1v) is 11.8. The SMILES string of the molecule is CC[C@H](C)NC(=O)CSc1nnc(-c2ccc(N(CC)CC)cc2)n1-c1ccccc1. The van der Waals surface area contributed by atoms with E-state index in [0.717, 1.165) is 36.6 Å². The number of nitrogens with one attached hydrogen (secondary N) is 1. The topological polar surface area (TPSA) is 63.1 Å². The highest BCUT2D eigenvalue weighted by Crippen LogP contribution is 2.29. The summed E-state index contributed by atoms with van der Waals surface area (Å²) in [5.41, 5.74) is 3.15. The van der Waals surface area contributed by atoms with Gasteiger partial charge in [0, 0.05) is 36.1 Å². The second-order valence-corrected chi connectivity index (χ2v) is 8.30. The van der Waals surface area contributed by atoms with Crippen molar-refractivity contribution in [3.05, 3.63) is 54.6 Å². The maximum atomic E-state index is 12.3. The van der Waals surface area contributed by atoms with E-state index < -0.39 is 0 Å². The number of anilines is 1. The molecule has 0 fully saturated rings. The minimum absolute atomic E-state index is 0.00656. The molecule has 7 heteroatoms. The minimum atomic E-state index is 0.00656. The van der Waals surface area contributed by atoms with Crippen LogP contribution in [0.25, 0.3) is 17.1 Å². The van der Waals surface area contributed by atoms with Crippen LogP contribution in [0.3, 0.4) is 0 Å². The molecule has 1 N–H and O–H groups in total. The number of para-hydroxylation sites is 1. The van der Waals surface area contributed by atoms with Gasteiger partial charge in [-0.1, -0.05) is 36.9 Å². The van der Waals surface area contributed by atoms with Gasteiger partial charge in [0.1, 0.15) is 0 Å². The van der Waals surface area contributed by atoms with Crippen LogP contribution < -0.4 is 10.2 Å². The molecule has 0 unspecified atom stereocenters. The third-order valence-electron chi connectivity index (χ3n) is 5.25. The van der Waals surface area contributed by atoms with Gasteiger partial charge in [-0.2, -0.15) is 0 Å². The van der Waals surface area contributed by atoms with Crippen molar-refractivity contribution < 1.29 is 4.79 Å². The first-order chi connectivity index (χ1) is 15.1. The number of aromatic nitrogens is 3. The molecular formula is C24H31N5OS. The fraction of sp³-hybridized carbons (Fsp3) is 0.375. The van der Waals surface area contributed by atoms with Gasteiger partial charge < -0.3 is 10.2 Å². The van der Waals surface area contributed by atoms with Crippen molar-refractivity contribution in [2.75, 3.05) is 23.7 Å². The third kappa shape index (κ3) is 5.67. The molecule has 0 saturated heterocycles. The largest absolute Gasteiger partial charge is 0.372 e. The predicted octanol–water partition coefficient (Wildman–Crippen LogP) is 4.79. The van der Waals surface area contributed by atoms with Crippen LogP contribution in [-0.4, -0.2) is 45.6 Å². The zero-order valence-corrected chi connectivity index (χ0v) is 19.5. The highest BCUT2D eigenvalue weighted by molar-refractivity contribution is 7.99. The summed E-state index contributed by atoms with van der Waals surface area (Å²) in [4.78, 5) is 14.6. The summed E-state index contributed by atoms with van der Waals surface area (Å²) in [6.45, 7) is 10.3. The van der Waals surface area contributed by atoms with E-state index in [1.54, 1.807) is 0 Å². The summed E-state index contributed by atoms with van der Waals surface area (Å²) in [7, 11) is 0.